The SMILES string of the molecule is CNC1COCC1CN1CCN(c2nccs2)CC1. The van der Waals surface area contributed by atoms with E-state index in [0.717, 1.165) is 51.1 Å². The second-order valence-corrected chi connectivity index (χ2v) is 6.17. The summed E-state index contributed by atoms with van der Waals surface area (Å²) in [6.07, 6.45) is 1.89. The summed E-state index contributed by atoms with van der Waals surface area (Å²) in [5, 5.41) is 6.58. The molecule has 6 heteroatoms. The van der Waals surface area contributed by atoms with Crippen LogP contribution in [-0.4, -0.2) is 68.9 Å². The van der Waals surface area contributed by atoms with Crippen LogP contribution in [-0.2, 0) is 4.74 Å². The van der Waals surface area contributed by atoms with Crippen molar-refractivity contribution in [2.45, 2.75) is 6.04 Å². The van der Waals surface area contributed by atoms with E-state index >= 15 is 0 Å². The summed E-state index contributed by atoms with van der Waals surface area (Å²) in [4.78, 5) is 9.34. The van der Waals surface area contributed by atoms with Crippen LogP contribution in [0.5, 0.6) is 0 Å². The normalized spacial score (nSPS) is 29.0. The van der Waals surface area contributed by atoms with Gasteiger partial charge in [0.2, 0.25) is 0 Å². The summed E-state index contributed by atoms with van der Waals surface area (Å²) in [7, 11) is 2.03. The predicted molar refractivity (Wildman–Crippen MR) is 77.9 cm³/mol. The third kappa shape index (κ3) is 3.08. The lowest BCUT2D eigenvalue weighted by molar-refractivity contribution is 0.164. The highest BCUT2D eigenvalue weighted by atomic mass is 32.1. The lowest BCUT2D eigenvalue weighted by atomic mass is 10.0. The molecule has 1 N–H and O–H groups in total. The van der Waals surface area contributed by atoms with Gasteiger partial charge in [0.05, 0.1) is 13.2 Å². The van der Waals surface area contributed by atoms with Crippen LogP contribution in [0.25, 0.3) is 0 Å². The molecule has 0 radical (unpaired) electrons. The zero-order valence-electron chi connectivity index (χ0n) is 11.4. The molecular formula is C13H22N4OS. The lowest BCUT2D eigenvalue weighted by Gasteiger charge is -2.36. The van der Waals surface area contributed by atoms with Gasteiger partial charge in [0.1, 0.15) is 0 Å². The third-order valence-corrected chi connectivity index (χ3v) is 4.96. The van der Waals surface area contributed by atoms with Crippen molar-refractivity contribution >= 4 is 16.5 Å². The zero-order valence-corrected chi connectivity index (χ0v) is 12.2. The van der Waals surface area contributed by atoms with Gasteiger partial charge < -0.3 is 15.0 Å². The van der Waals surface area contributed by atoms with Gasteiger partial charge in [-0.1, -0.05) is 0 Å². The summed E-state index contributed by atoms with van der Waals surface area (Å²) in [5.74, 6) is 0.636. The minimum atomic E-state index is 0.525. The fraction of sp³-hybridized carbons (Fsp3) is 0.769. The molecule has 3 rings (SSSR count). The van der Waals surface area contributed by atoms with Crippen molar-refractivity contribution in [3.63, 3.8) is 0 Å². The molecule has 2 fully saturated rings. The Morgan fingerprint density at radius 1 is 1.37 bits per heavy atom. The minimum absolute atomic E-state index is 0.525. The Morgan fingerprint density at radius 2 is 2.21 bits per heavy atom. The van der Waals surface area contributed by atoms with Crippen molar-refractivity contribution in [3.05, 3.63) is 11.6 Å². The number of anilines is 1. The molecule has 0 aliphatic carbocycles. The molecule has 2 atom stereocenters. The monoisotopic (exact) mass is 282 g/mol. The van der Waals surface area contributed by atoms with E-state index in [1.165, 1.54) is 0 Å². The molecule has 1 aromatic rings. The van der Waals surface area contributed by atoms with Crippen LogP contribution in [0.3, 0.4) is 0 Å². The highest BCUT2D eigenvalue weighted by Crippen LogP contribution is 2.20. The average molecular weight is 282 g/mol. The van der Waals surface area contributed by atoms with Crippen molar-refractivity contribution in [2.24, 2.45) is 5.92 Å². The van der Waals surface area contributed by atoms with Gasteiger partial charge in [0, 0.05) is 56.3 Å². The molecule has 0 spiro atoms. The van der Waals surface area contributed by atoms with Gasteiger partial charge in [0.25, 0.3) is 0 Å². The first-order valence-electron chi connectivity index (χ1n) is 6.98. The van der Waals surface area contributed by atoms with Crippen LogP contribution in [0, 0.1) is 5.92 Å². The number of rotatable bonds is 4. The van der Waals surface area contributed by atoms with Gasteiger partial charge in [-0.3, -0.25) is 4.90 Å². The zero-order chi connectivity index (χ0) is 13.1. The molecule has 0 bridgehead atoms. The fourth-order valence-corrected chi connectivity index (χ4v) is 3.62. The molecule has 19 heavy (non-hydrogen) atoms. The summed E-state index contributed by atoms with van der Waals surface area (Å²) in [6.45, 7) is 7.35. The first kappa shape index (κ1) is 13.3. The molecule has 106 valence electrons. The maximum atomic E-state index is 5.57. The number of hydrogen-bond donors (Lipinski definition) is 1. The van der Waals surface area contributed by atoms with Crippen LogP contribution in [0.2, 0.25) is 0 Å². The van der Waals surface area contributed by atoms with Gasteiger partial charge in [-0.25, -0.2) is 4.98 Å². The van der Waals surface area contributed by atoms with Crippen molar-refractivity contribution in [2.75, 3.05) is 57.9 Å². The van der Waals surface area contributed by atoms with E-state index in [4.69, 9.17) is 4.74 Å². The summed E-state index contributed by atoms with van der Waals surface area (Å²) in [5.41, 5.74) is 0. The Morgan fingerprint density at radius 3 is 2.89 bits per heavy atom. The van der Waals surface area contributed by atoms with Gasteiger partial charge in [0.15, 0.2) is 5.13 Å². The van der Waals surface area contributed by atoms with Gasteiger partial charge in [-0.15, -0.1) is 11.3 Å². The topological polar surface area (TPSA) is 40.6 Å². The smallest absolute Gasteiger partial charge is 0.185 e. The van der Waals surface area contributed by atoms with Gasteiger partial charge >= 0.3 is 0 Å². The third-order valence-electron chi connectivity index (χ3n) is 4.12. The number of likely N-dealkylation sites (N-methyl/N-ethyl adjacent to an activating group) is 1. The van der Waals surface area contributed by atoms with Crippen molar-refractivity contribution < 1.29 is 4.74 Å². The molecule has 2 saturated heterocycles. The largest absolute Gasteiger partial charge is 0.379 e. The Hall–Kier alpha value is -0.690. The predicted octanol–water partition coefficient (Wildman–Crippen LogP) is 0.499. The summed E-state index contributed by atoms with van der Waals surface area (Å²) in [6, 6.07) is 0.525. The molecule has 0 amide bonds. The first-order valence-corrected chi connectivity index (χ1v) is 7.86. The van der Waals surface area contributed by atoms with Crippen LogP contribution in [0.4, 0.5) is 5.13 Å². The molecule has 1 aromatic heterocycles. The molecule has 3 heterocycles. The Balaban J connectivity index is 1.48. The van der Waals surface area contributed by atoms with Crippen molar-refractivity contribution in [1.29, 1.82) is 0 Å². The first-order chi connectivity index (χ1) is 9.36. The fourth-order valence-electron chi connectivity index (χ4n) is 2.92. The van der Waals surface area contributed by atoms with E-state index < -0.39 is 0 Å². The van der Waals surface area contributed by atoms with Crippen molar-refractivity contribution in [1.82, 2.24) is 15.2 Å². The highest BCUT2D eigenvalue weighted by Gasteiger charge is 2.29. The number of nitrogens with one attached hydrogen (secondary N) is 1. The van der Waals surface area contributed by atoms with Gasteiger partial charge in [-0.05, 0) is 7.05 Å². The van der Waals surface area contributed by atoms with E-state index in [-0.39, 0.29) is 0 Å². The van der Waals surface area contributed by atoms with Crippen LogP contribution in [0.1, 0.15) is 0 Å². The molecular weight excluding hydrogens is 260 g/mol. The minimum Gasteiger partial charge on any atom is -0.379 e. The summed E-state index contributed by atoms with van der Waals surface area (Å²) < 4.78 is 5.57. The van der Waals surface area contributed by atoms with Crippen LogP contribution >= 0.6 is 11.3 Å². The van der Waals surface area contributed by atoms with Gasteiger partial charge in [-0.2, -0.15) is 0 Å². The Labute approximate surface area is 118 Å². The number of thiazole rings is 1. The summed E-state index contributed by atoms with van der Waals surface area (Å²) >= 11 is 1.73. The molecule has 2 aliphatic heterocycles. The lowest BCUT2D eigenvalue weighted by Crippen LogP contribution is -2.49. The van der Waals surface area contributed by atoms with E-state index in [1.807, 2.05) is 13.2 Å². The molecule has 5 nitrogen and oxygen atoms in total. The molecule has 2 aliphatic rings. The second-order valence-electron chi connectivity index (χ2n) is 5.30. The molecule has 2 unspecified atom stereocenters. The van der Waals surface area contributed by atoms with E-state index in [9.17, 15) is 0 Å². The quantitative estimate of drug-likeness (QED) is 0.871. The average Bonchev–Trinajstić information content (AvgIpc) is 3.10. The van der Waals surface area contributed by atoms with Crippen LogP contribution < -0.4 is 10.2 Å². The Bertz CT molecular complexity index is 378. The van der Waals surface area contributed by atoms with Crippen LogP contribution in [0.15, 0.2) is 11.6 Å². The highest BCUT2D eigenvalue weighted by molar-refractivity contribution is 7.13. The molecule has 0 aromatic carbocycles. The number of nitrogens with zero attached hydrogens (tertiary/aromatic N) is 3. The number of hydrogen-bond acceptors (Lipinski definition) is 6. The second kappa shape index (κ2) is 6.17. The number of aromatic nitrogens is 1. The Kier molecular flexibility index (Phi) is 4.32. The van der Waals surface area contributed by atoms with E-state index in [2.05, 4.69) is 25.5 Å². The van der Waals surface area contributed by atoms with E-state index in [1.54, 1.807) is 11.3 Å². The van der Waals surface area contributed by atoms with E-state index in [0.29, 0.717) is 12.0 Å². The molecule has 0 saturated carbocycles. The standard InChI is InChI=1S/C13H22N4OS/c1-14-12-10-18-9-11(12)8-16-3-5-17(6-4-16)13-15-2-7-19-13/h2,7,11-12,14H,3-6,8-10H2,1H3. The maximum absolute atomic E-state index is 5.57. The van der Waals surface area contributed by atoms with Crippen molar-refractivity contribution in [3.8, 4) is 0 Å². The maximum Gasteiger partial charge on any atom is 0.185 e. The number of piperazine rings is 1. The number of ether oxygens (including phenoxy) is 1.